The zero-order chi connectivity index (χ0) is 17.8. The Morgan fingerprint density at radius 2 is 1.41 bits per heavy atom. The van der Waals surface area contributed by atoms with Crippen LogP contribution in [0.3, 0.4) is 0 Å². The van der Waals surface area contributed by atoms with Crippen LogP contribution in [0.25, 0.3) is 0 Å². The van der Waals surface area contributed by atoms with Crippen LogP contribution in [0.5, 0.6) is 0 Å². The summed E-state index contributed by atoms with van der Waals surface area (Å²) in [4.78, 5) is 5.01. The zero-order valence-electron chi connectivity index (χ0n) is 14.6. The molecule has 2 atom stereocenters. The molecule has 0 aromatic heterocycles. The van der Waals surface area contributed by atoms with Crippen molar-refractivity contribution in [2.45, 2.75) is 17.8 Å². The molecule has 0 unspecified atom stereocenters. The van der Waals surface area contributed by atoms with E-state index < -0.39 is 0 Å². The van der Waals surface area contributed by atoms with E-state index in [1.807, 2.05) is 0 Å². The summed E-state index contributed by atoms with van der Waals surface area (Å²) in [6.45, 7) is 0. The van der Waals surface area contributed by atoms with Gasteiger partial charge in [0, 0.05) is 10.2 Å². The minimum atomic E-state index is 0. The summed E-state index contributed by atoms with van der Waals surface area (Å²) in [6.07, 6.45) is 0. The van der Waals surface area contributed by atoms with E-state index in [1.165, 1.54) is 16.7 Å². The highest BCUT2D eigenvalue weighted by molar-refractivity contribution is 9.10. The van der Waals surface area contributed by atoms with Gasteiger partial charge in [0.05, 0.1) is 6.04 Å². The monoisotopic (exact) mass is 458 g/mol. The highest BCUT2D eigenvalue weighted by Crippen LogP contribution is 2.38. The van der Waals surface area contributed by atoms with Crippen molar-refractivity contribution in [3.8, 4) is 0 Å². The van der Waals surface area contributed by atoms with Gasteiger partial charge < -0.3 is 5.32 Å². The fourth-order valence-corrected chi connectivity index (χ4v) is 4.26. The number of nitrogens with one attached hydrogen (secondary N) is 1. The van der Waals surface area contributed by atoms with E-state index in [0.717, 1.165) is 15.4 Å². The van der Waals surface area contributed by atoms with E-state index >= 15 is 0 Å². The van der Waals surface area contributed by atoms with Crippen LogP contribution >= 0.6 is 40.1 Å². The van der Waals surface area contributed by atoms with Gasteiger partial charge in [0.25, 0.3) is 0 Å². The van der Waals surface area contributed by atoms with Crippen LogP contribution in [-0.4, -0.2) is 5.17 Å². The molecule has 3 aromatic carbocycles. The predicted molar refractivity (Wildman–Crippen MR) is 122 cm³/mol. The standard InChI is InChI=1S/C22H19BrN2S.ClH/c23-19-13-11-16(12-14-19)15-26-22-24-20(17-7-3-1-4-8-17)21(25-22)18-9-5-2-6-10-18;/h1-14,20-21H,15H2,(H,24,25);1H/t20-,21+;. The second-order valence-corrected chi connectivity index (χ2v) is 8.12. The number of aliphatic imine (C=N–C) groups is 1. The molecule has 0 saturated heterocycles. The second kappa shape index (κ2) is 9.45. The van der Waals surface area contributed by atoms with Crippen LogP contribution in [0.2, 0.25) is 0 Å². The van der Waals surface area contributed by atoms with Crippen molar-refractivity contribution in [2.75, 3.05) is 0 Å². The smallest absolute Gasteiger partial charge is 0.158 e. The van der Waals surface area contributed by atoms with Gasteiger partial charge in [-0.15, -0.1) is 12.4 Å². The number of benzene rings is 3. The number of rotatable bonds is 4. The van der Waals surface area contributed by atoms with Gasteiger partial charge in [0.15, 0.2) is 5.17 Å². The average Bonchev–Trinajstić information content (AvgIpc) is 3.13. The molecule has 2 nitrogen and oxygen atoms in total. The molecule has 0 fully saturated rings. The molecule has 3 aromatic rings. The topological polar surface area (TPSA) is 24.4 Å². The maximum atomic E-state index is 5.01. The van der Waals surface area contributed by atoms with Crippen molar-refractivity contribution in [1.82, 2.24) is 5.32 Å². The lowest BCUT2D eigenvalue weighted by molar-refractivity contribution is 0.573. The van der Waals surface area contributed by atoms with E-state index in [9.17, 15) is 0 Å². The van der Waals surface area contributed by atoms with Crippen LogP contribution in [-0.2, 0) is 5.75 Å². The molecular formula is C22H20BrClN2S. The van der Waals surface area contributed by atoms with Gasteiger partial charge in [0.2, 0.25) is 0 Å². The normalized spacial score (nSPS) is 18.3. The predicted octanol–water partition coefficient (Wildman–Crippen LogP) is 6.55. The summed E-state index contributed by atoms with van der Waals surface area (Å²) in [5.74, 6) is 0.905. The Balaban J connectivity index is 0.00000210. The second-order valence-electron chi connectivity index (χ2n) is 6.24. The summed E-state index contributed by atoms with van der Waals surface area (Å²) in [5, 5.41) is 4.65. The van der Waals surface area contributed by atoms with Crippen molar-refractivity contribution in [3.63, 3.8) is 0 Å². The van der Waals surface area contributed by atoms with E-state index in [4.69, 9.17) is 4.99 Å². The van der Waals surface area contributed by atoms with Crippen molar-refractivity contribution < 1.29 is 0 Å². The van der Waals surface area contributed by atoms with Crippen molar-refractivity contribution >= 4 is 45.3 Å². The van der Waals surface area contributed by atoms with Gasteiger partial charge in [-0.2, -0.15) is 0 Å². The minimum absolute atomic E-state index is 0. The largest absolute Gasteiger partial charge is 0.356 e. The average molecular weight is 460 g/mol. The quantitative estimate of drug-likeness (QED) is 0.478. The molecule has 0 radical (unpaired) electrons. The van der Waals surface area contributed by atoms with Gasteiger partial charge in [-0.05, 0) is 28.8 Å². The fraction of sp³-hybridized carbons (Fsp3) is 0.136. The Morgan fingerprint density at radius 3 is 2.04 bits per heavy atom. The number of nitrogens with zero attached hydrogens (tertiary/aromatic N) is 1. The number of amidine groups is 1. The van der Waals surface area contributed by atoms with Crippen LogP contribution in [0.15, 0.2) is 94.4 Å². The molecular weight excluding hydrogens is 440 g/mol. The van der Waals surface area contributed by atoms with Crippen LogP contribution < -0.4 is 5.32 Å². The zero-order valence-corrected chi connectivity index (χ0v) is 17.8. The first-order valence-electron chi connectivity index (χ1n) is 8.61. The van der Waals surface area contributed by atoms with Crippen LogP contribution in [0.4, 0.5) is 0 Å². The number of halogens is 2. The van der Waals surface area contributed by atoms with Crippen molar-refractivity contribution in [3.05, 3.63) is 106 Å². The van der Waals surface area contributed by atoms with Crippen LogP contribution in [0, 0.1) is 0 Å². The van der Waals surface area contributed by atoms with Gasteiger partial charge >= 0.3 is 0 Å². The summed E-state index contributed by atoms with van der Waals surface area (Å²) < 4.78 is 1.11. The lowest BCUT2D eigenvalue weighted by Crippen LogP contribution is -2.22. The lowest BCUT2D eigenvalue weighted by atomic mass is 9.95. The highest BCUT2D eigenvalue weighted by Gasteiger charge is 2.31. The third-order valence-electron chi connectivity index (χ3n) is 4.44. The molecule has 138 valence electrons. The molecule has 1 N–H and O–H groups in total. The molecule has 4 rings (SSSR count). The molecule has 0 spiro atoms. The molecule has 5 heteroatoms. The maximum absolute atomic E-state index is 5.01. The van der Waals surface area contributed by atoms with E-state index in [2.05, 4.69) is 106 Å². The fourth-order valence-electron chi connectivity index (χ4n) is 3.10. The third kappa shape index (κ3) is 4.95. The van der Waals surface area contributed by atoms with Gasteiger partial charge in [-0.25, -0.2) is 0 Å². The van der Waals surface area contributed by atoms with Crippen molar-refractivity contribution in [2.24, 2.45) is 4.99 Å². The van der Waals surface area contributed by atoms with Gasteiger partial charge in [-0.1, -0.05) is 100 Å². The van der Waals surface area contributed by atoms with Crippen molar-refractivity contribution in [1.29, 1.82) is 0 Å². The van der Waals surface area contributed by atoms with Gasteiger partial charge in [-0.3, -0.25) is 4.99 Å². The minimum Gasteiger partial charge on any atom is -0.356 e. The first-order valence-corrected chi connectivity index (χ1v) is 10.4. The molecule has 0 aliphatic carbocycles. The molecule has 27 heavy (non-hydrogen) atoms. The lowest BCUT2D eigenvalue weighted by Gasteiger charge is -2.19. The first kappa shape index (κ1) is 20.0. The number of hydrogen-bond acceptors (Lipinski definition) is 3. The summed E-state index contributed by atoms with van der Waals surface area (Å²) in [6, 6.07) is 29.9. The van der Waals surface area contributed by atoms with E-state index in [0.29, 0.717) is 0 Å². The molecule has 1 heterocycles. The summed E-state index contributed by atoms with van der Waals surface area (Å²) in [5.41, 5.74) is 3.81. The Bertz CT molecular complexity index is 885. The summed E-state index contributed by atoms with van der Waals surface area (Å²) in [7, 11) is 0. The molecule has 0 saturated carbocycles. The Kier molecular flexibility index (Phi) is 7.00. The Hall–Kier alpha value is -1.75. The number of hydrogen-bond donors (Lipinski definition) is 1. The number of thioether (sulfide) groups is 1. The first-order chi connectivity index (χ1) is 12.8. The van der Waals surface area contributed by atoms with Gasteiger partial charge in [0.1, 0.15) is 6.04 Å². The highest BCUT2D eigenvalue weighted by atomic mass is 79.9. The van der Waals surface area contributed by atoms with Crippen LogP contribution in [0.1, 0.15) is 28.8 Å². The Morgan fingerprint density at radius 1 is 0.815 bits per heavy atom. The molecule has 0 amide bonds. The maximum Gasteiger partial charge on any atom is 0.158 e. The van der Waals surface area contributed by atoms with E-state index in [1.54, 1.807) is 11.8 Å². The molecule has 1 aliphatic heterocycles. The SMILES string of the molecule is Brc1ccc(CSC2=N[C@H](c3ccccc3)[C@H](c3ccccc3)N2)cc1.Cl. The summed E-state index contributed by atoms with van der Waals surface area (Å²) >= 11 is 5.25. The van der Waals surface area contributed by atoms with E-state index in [-0.39, 0.29) is 24.5 Å². The molecule has 1 aliphatic rings. The Labute approximate surface area is 179 Å². The third-order valence-corrected chi connectivity index (χ3v) is 5.94. The molecule has 0 bridgehead atoms.